The Hall–Kier alpha value is -1.91. The normalized spacial score (nSPS) is 11.1. The molecule has 3 nitrogen and oxygen atoms in total. The zero-order chi connectivity index (χ0) is 14.0. The maximum atomic E-state index is 12.6. The minimum Gasteiger partial charge on any atom is -0.378 e. The summed E-state index contributed by atoms with van der Waals surface area (Å²) in [4.78, 5) is 0. The van der Waals surface area contributed by atoms with E-state index in [1.54, 1.807) is 10.7 Å². The maximum absolute atomic E-state index is 12.6. The molecular weight excluding hydrogens is 248 g/mol. The van der Waals surface area contributed by atoms with Gasteiger partial charge in [-0.25, -0.2) is 8.78 Å². The Kier molecular flexibility index (Phi) is 3.83. The number of nitrogens with zero attached hydrogens (tertiary/aromatic N) is 2. The first-order valence-electron chi connectivity index (χ1n) is 6.10. The van der Waals surface area contributed by atoms with Crippen LogP contribution >= 0.6 is 0 Å². The Morgan fingerprint density at radius 1 is 1.32 bits per heavy atom. The van der Waals surface area contributed by atoms with Gasteiger partial charge in [-0.15, -0.1) is 0 Å². The Morgan fingerprint density at radius 3 is 2.63 bits per heavy atom. The maximum Gasteiger partial charge on any atom is 0.263 e. The number of benzene rings is 1. The van der Waals surface area contributed by atoms with Gasteiger partial charge in [0.25, 0.3) is 6.43 Å². The predicted molar refractivity (Wildman–Crippen MR) is 71.4 cm³/mol. The zero-order valence-corrected chi connectivity index (χ0v) is 11.2. The van der Waals surface area contributed by atoms with Crippen LogP contribution in [0.25, 0.3) is 0 Å². The SMILES string of the molecule is Cc1nn(C)c(C)c1NCc1cccc(C(F)F)c1. The molecule has 1 heterocycles. The molecule has 102 valence electrons. The van der Waals surface area contributed by atoms with Crippen molar-refractivity contribution in [2.24, 2.45) is 7.05 Å². The van der Waals surface area contributed by atoms with E-state index >= 15 is 0 Å². The van der Waals surface area contributed by atoms with Crippen molar-refractivity contribution in [1.29, 1.82) is 0 Å². The second-order valence-electron chi connectivity index (χ2n) is 4.57. The number of rotatable bonds is 4. The van der Waals surface area contributed by atoms with Crippen LogP contribution in [0.2, 0.25) is 0 Å². The van der Waals surface area contributed by atoms with Crippen LogP contribution in [-0.2, 0) is 13.6 Å². The first-order chi connectivity index (χ1) is 8.99. The molecule has 0 bridgehead atoms. The summed E-state index contributed by atoms with van der Waals surface area (Å²) in [6, 6.07) is 6.45. The molecule has 0 saturated carbocycles. The average molecular weight is 265 g/mol. The fraction of sp³-hybridized carbons (Fsp3) is 0.357. The number of alkyl halides is 2. The van der Waals surface area contributed by atoms with Crippen LogP contribution in [0.1, 0.15) is 28.9 Å². The second kappa shape index (κ2) is 5.38. The number of hydrogen-bond acceptors (Lipinski definition) is 2. The van der Waals surface area contributed by atoms with Gasteiger partial charge in [-0.1, -0.05) is 18.2 Å². The van der Waals surface area contributed by atoms with Crippen molar-refractivity contribution in [2.45, 2.75) is 26.8 Å². The van der Waals surface area contributed by atoms with Crippen LogP contribution in [0, 0.1) is 13.8 Å². The lowest BCUT2D eigenvalue weighted by molar-refractivity contribution is 0.151. The third-order valence-electron chi connectivity index (χ3n) is 3.18. The zero-order valence-electron chi connectivity index (χ0n) is 11.2. The molecule has 0 aliphatic carbocycles. The number of nitrogens with one attached hydrogen (secondary N) is 1. The van der Waals surface area contributed by atoms with Crippen LogP contribution in [0.5, 0.6) is 0 Å². The molecule has 2 aromatic rings. The van der Waals surface area contributed by atoms with Gasteiger partial charge in [0.05, 0.1) is 17.1 Å². The summed E-state index contributed by atoms with van der Waals surface area (Å²) < 4.78 is 27.0. The highest BCUT2D eigenvalue weighted by atomic mass is 19.3. The van der Waals surface area contributed by atoms with Gasteiger partial charge >= 0.3 is 0 Å². The summed E-state index contributed by atoms with van der Waals surface area (Å²) in [6.07, 6.45) is -2.43. The lowest BCUT2D eigenvalue weighted by atomic mass is 10.1. The van der Waals surface area contributed by atoms with Crippen LogP contribution in [-0.4, -0.2) is 9.78 Å². The first-order valence-corrected chi connectivity index (χ1v) is 6.10. The van der Waals surface area contributed by atoms with Gasteiger partial charge in [-0.3, -0.25) is 4.68 Å². The van der Waals surface area contributed by atoms with Gasteiger partial charge in [0.15, 0.2) is 0 Å². The minimum atomic E-state index is -2.43. The van der Waals surface area contributed by atoms with E-state index in [-0.39, 0.29) is 5.56 Å². The molecule has 1 N–H and O–H groups in total. The fourth-order valence-electron chi connectivity index (χ4n) is 2.06. The summed E-state index contributed by atoms with van der Waals surface area (Å²) in [7, 11) is 1.88. The van der Waals surface area contributed by atoms with Crippen molar-refractivity contribution in [3.05, 3.63) is 46.8 Å². The molecule has 1 aromatic heterocycles. The lowest BCUT2D eigenvalue weighted by Crippen LogP contribution is -2.02. The number of aromatic nitrogens is 2. The van der Waals surface area contributed by atoms with Gasteiger partial charge < -0.3 is 5.32 Å². The molecule has 0 spiro atoms. The molecule has 0 aliphatic rings. The van der Waals surface area contributed by atoms with Crippen molar-refractivity contribution < 1.29 is 8.78 Å². The predicted octanol–water partition coefficient (Wildman–Crippen LogP) is 3.59. The van der Waals surface area contributed by atoms with E-state index in [1.807, 2.05) is 27.0 Å². The summed E-state index contributed by atoms with van der Waals surface area (Å²) in [5, 5.41) is 7.56. The Morgan fingerprint density at radius 2 is 2.05 bits per heavy atom. The fourth-order valence-corrected chi connectivity index (χ4v) is 2.06. The molecular formula is C14H17F2N3. The summed E-state index contributed by atoms with van der Waals surface area (Å²) >= 11 is 0. The summed E-state index contributed by atoms with van der Waals surface area (Å²) in [5.74, 6) is 0. The summed E-state index contributed by atoms with van der Waals surface area (Å²) in [6.45, 7) is 4.40. The Labute approximate surface area is 111 Å². The highest BCUT2D eigenvalue weighted by Gasteiger charge is 2.10. The van der Waals surface area contributed by atoms with Crippen molar-refractivity contribution in [3.63, 3.8) is 0 Å². The van der Waals surface area contributed by atoms with Gasteiger partial charge in [0.1, 0.15) is 0 Å². The van der Waals surface area contributed by atoms with Gasteiger partial charge in [0.2, 0.25) is 0 Å². The monoisotopic (exact) mass is 265 g/mol. The molecule has 0 fully saturated rings. The largest absolute Gasteiger partial charge is 0.378 e. The number of halogens is 2. The van der Waals surface area contributed by atoms with Crippen molar-refractivity contribution >= 4 is 5.69 Å². The Balaban J connectivity index is 2.12. The summed E-state index contributed by atoms with van der Waals surface area (Å²) in [5.41, 5.74) is 3.79. The Bertz CT molecular complexity index is 576. The molecule has 5 heteroatoms. The number of anilines is 1. The second-order valence-corrected chi connectivity index (χ2v) is 4.57. The standard InChI is InChI=1S/C14H17F2N3/c1-9-13(10(2)19(3)18-9)17-8-11-5-4-6-12(7-11)14(15)16/h4-7,14,17H,8H2,1-3H3. The van der Waals surface area contributed by atoms with Gasteiger partial charge in [-0.05, 0) is 25.5 Å². The van der Waals surface area contributed by atoms with Crippen LogP contribution < -0.4 is 5.32 Å². The molecule has 0 unspecified atom stereocenters. The number of aryl methyl sites for hydroxylation is 2. The molecule has 19 heavy (non-hydrogen) atoms. The van der Waals surface area contributed by atoms with Crippen molar-refractivity contribution in [3.8, 4) is 0 Å². The van der Waals surface area contributed by atoms with Crippen LogP contribution in [0.3, 0.4) is 0 Å². The average Bonchev–Trinajstić information content (AvgIpc) is 2.61. The van der Waals surface area contributed by atoms with E-state index in [0.717, 1.165) is 22.6 Å². The topological polar surface area (TPSA) is 29.9 Å². The molecule has 0 amide bonds. The van der Waals surface area contributed by atoms with Crippen molar-refractivity contribution in [1.82, 2.24) is 9.78 Å². The van der Waals surface area contributed by atoms with E-state index < -0.39 is 6.43 Å². The van der Waals surface area contributed by atoms with Gasteiger partial charge in [0, 0.05) is 19.2 Å². The highest BCUT2D eigenvalue weighted by molar-refractivity contribution is 5.52. The molecule has 0 atom stereocenters. The van der Waals surface area contributed by atoms with E-state index in [4.69, 9.17) is 0 Å². The highest BCUT2D eigenvalue weighted by Crippen LogP contribution is 2.22. The number of hydrogen-bond donors (Lipinski definition) is 1. The van der Waals surface area contributed by atoms with Gasteiger partial charge in [-0.2, -0.15) is 5.10 Å². The third-order valence-corrected chi connectivity index (χ3v) is 3.18. The quantitative estimate of drug-likeness (QED) is 0.915. The van der Waals surface area contributed by atoms with Crippen LogP contribution in [0.15, 0.2) is 24.3 Å². The van der Waals surface area contributed by atoms with E-state index in [9.17, 15) is 8.78 Å². The lowest BCUT2D eigenvalue weighted by Gasteiger charge is -2.08. The smallest absolute Gasteiger partial charge is 0.263 e. The first kappa shape index (κ1) is 13.5. The van der Waals surface area contributed by atoms with E-state index in [1.165, 1.54) is 12.1 Å². The van der Waals surface area contributed by atoms with E-state index in [2.05, 4.69) is 10.4 Å². The third kappa shape index (κ3) is 2.92. The molecule has 0 aliphatic heterocycles. The van der Waals surface area contributed by atoms with Crippen molar-refractivity contribution in [2.75, 3.05) is 5.32 Å². The molecule has 0 radical (unpaired) electrons. The van der Waals surface area contributed by atoms with Crippen LogP contribution in [0.4, 0.5) is 14.5 Å². The van der Waals surface area contributed by atoms with E-state index in [0.29, 0.717) is 6.54 Å². The molecule has 2 rings (SSSR count). The molecule has 1 aromatic carbocycles. The minimum absolute atomic E-state index is 0.0546. The molecule has 0 saturated heterocycles.